The number of hydrogen-bond donors (Lipinski definition) is 4. The van der Waals surface area contributed by atoms with Gasteiger partial charge in [0.05, 0.1) is 12.0 Å². The normalized spacial score (nSPS) is 12.1. The van der Waals surface area contributed by atoms with E-state index in [0.717, 1.165) is 16.3 Å². The summed E-state index contributed by atoms with van der Waals surface area (Å²) in [7, 11) is 0. The minimum absolute atomic E-state index is 0.0364. The molecule has 0 radical (unpaired) electrons. The predicted octanol–water partition coefficient (Wildman–Crippen LogP) is 4.88. The molecule has 0 aliphatic carbocycles. The molecule has 3 aromatic carbocycles. The SMILES string of the molecule is O=C(Cc1cccc2ccccc12)N[C@H](NC(=S)Nc1cccc(C(=O)O)c1)C(Cl)(Cl)Cl. The highest BCUT2D eigenvalue weighted by atomic mass is 35.6. The van der Waals surface area contributed by atoms with Gasteiger partial charge in [-0.3, -0.25) is 4.79 Å². The minimum Gasteiger partial charge on any atom is -0.478 e. The van der Waals surface area contributed by atoms with Gasteiger partial charge in [0.1, 0.15) is 6.17 Å². The van der Waals surface area contributed by atoms with Crippen molar-refractivity contribution in [2.45, 2.75) is 16.4 Å². The van der Waals surface area contributed by atoms with Crippen molar-refractivity contribution in [2.75, 3.05) is 5.32 Å². The van der Waals surface area contributed by atoms with Gasteiger partial charge in [0, 0.05) is 5.69 Å². The first kappa shape index (κ1) is 24.1. The van der Waals surface area contributed by atoms with Gasteiger partial charge in [0.25, 0.3) is 0 Å². The summed E-state index contributed by atoms with van der Waals surface area (Å²) in [5.74, 6) is -1.45. The number of fused-ring (bicyclic) bond motifs is 1. The standard InChI is InChI=1S/C22H18Cl3N3O3S/c23-22(24,25)20(28-21(32)26-16-9-4-8-15(11-16)19(30)31)27-18(29)12-14-7-3-6-13-5-1-2-10-17(13)14/h1-11,20H,12H2,(H,27,29)(H,30,31)(H2,26,28,32)/t20-/m1/s1. The monoisotopic (exact) mass is 509 g/mol. The third-order valence-electron chi connectivity index (χ3n) is 4.51. The van der Waals surface area contributed by atoms with E-state index < -0.39 is 15.9 Å². The Hall–Kier alpha value is -2.58. The Morgan fingerprint density at radius 3 is 2.38 bits per heavy atom. The summed E-state index contributed by atoms with van der Waals surface area (Å²) in [5, 5.41) is 19.3. The van der Waals surface area contributed by atoms with E-state index in [1.54, 1.807) is 12.1 Å². The summed E-state index contributed by atoms with van der Waals surface area (Å²) < 4.78 is -1.91. The fourth-order valence-corrected chi connectivity index (χ4v) is 3.62. The molecule has 0 bridgehead atoms. The summed E-state index contributed by atoms with van der Waals surface area (Å²) >= 11 is 23.4. The molecule has 0 fully saturated rings. The Labute approximate surface area is 204 Å². The summed E-state index contributed by atoms with van der Waals surface area (Å²) in [6.45, 7) is 0. The van der Waals surface area contributed by atoms with Crippen molar-refractivity contribution in [1.82, 2.24) is 10.6 Å². The molecule has 32 heavy (non-hydrogen) atoms. The molecule has 0 saturated carbocycles. The quantitative estimate of drug-likeness (QED) is 0.215. The highest BCUT2D eigenvalue weighted by Gasteiger charge is 2.34. The molecule has 0 aromatic heterocycles. The predicted molar refractivity (Wildman–Crippen MR) is 133 cm³/mol. The molecule has 6 nitrogen and oxygen atoms in total. The number of hydrogen-bond acceptors (Lipinski definition) is 3. The molecule has 10 heteroatoms. The van der Waals surface area contributed by atoms with E-state index in [9.17, 15) is 9.59 Å². The molecule has 0 saturated heterocycles. The molecule has 1 atom stereocenters. The zero-order valence-corrected chi connectivity index (χ0v) is 19.5. The van der Waals surface area contributed by atoms with E-state index in [0.29, 0.717) is 5.69 Å². The molecule has 3 rings (SSSR count). The summed E-state index contributed by atoms with van der Waals surface area (Å²) in [4.78, 5) is 23.8. The topological polar surface area (TPSA) is 90.5 Å². The number of thiocarbonyl (C=S) groups is 1. The maximum absolute atomic E-state index is 12.7. The first-order valence-corrected chi connectivity index (χ1v) is 10.9. The van der Waals surface area contributed by atoms with Gasteiger partial charge in [-0.1, -0.05) is 83.3 Å². The number of carbonyl (C=O) groups is 2. The number of amides is 1. The van der Waals surface area contributed by atoms with Crippen LogP contribution in [0, 0.1) is 0 Å². The lowest BCUT2D eigenvalue weighted by atomic mass is 10.0. The summed E-state index contributed by atoms with van der Waals surface area (Å²) in [6.07, 6.45) is -1.07. The molecule has 0 unspecified atom stereocenters. The lowest BCUT2D eigenvalue weighted by molar-refractivity contribution is -0.121. The van der Waals surface area contributed by atoms with Gasteiger partial charge in [-0.05, 0) is 46.8 Å². The highest BCUT2D eigenvalue weighted by molar-refractivity contribution is 7.80. The lowest BCUT2D eigenvalue weighted by Crippen LogP contribution is -2.56. The maximum atomic E-state index is 12.7. The Kier molecular flexibility index (Phi) is 7.79. The molecule has 0 aliphatic heterocycles. The second-order valence-electron chi connectivity index (χ2n) is 6.84. The van der Waals surface area contributed by atoms with Crippen LogP contribution in [0.3, 0.4) is 0 Å². The lowest BCUT2D eigenvalue weighted by Gasteiger charge is -2.28. The van der Waals surface area contributed by atoms with Crippen LogP contribution >= 0.6 is 47.0 Å². The van der Waals surface area contributed by atoms with E-state index in [2.05, 4.69) is 16.0 Å². The zero-order chi connectivity index (χ0) is 23.3. The van der Waals surface area contributed by atoms with Gasteiger partial charge in [-0.15, -0.1) is 0 Å². The van der Waals surface area contributed by atoms with Crippen LogP contribution in [0.15, 0.2) is 66.7 Å². The minimum atomic E-state index is -1.91. The van der Waals surface area contributed by atoms with E-state index in [4.69, 9.17) is 52.1 Å². The van der Waals surface area contributed by atoms with Crippen LogP contribution in [0.2, 0.25) is 0 Å². The van der Waals surface area contributed by atoms with Gasteiger partial charge in [0.2, 0.25) is 9.70 Å². The molecule has 0 spiro atoms. The van der Waals surface area contributed by atoms with Crippen LogP contribution < -0.4 is 16.0 Å². The fraction of sp³-hybridized carbons (Fsp3) is 0.136. The van der Waals surface area contributed by atoms with Crippen LogP contribution in [0.4, 0.5) is 5.69 Å². The molecule has 0 aliphatic rings. The Morgan fingerprint density at radius 2 is 1.66 bits per heavy atom. The van der Waals surface area contributed by atoms with Crippen molar-refractivity contribution in [2.24, 2.45) is 0 Å². The fourth-order valence-electron chi connectivity index (χ4n) is 3.06. The number of anilines is 1. The van der Waals surface area contributed by atoms with Crippen molar-refractivity contribution in [3.8, 4) is 0 Å². The number of benzene rings is 3. The van der Waals surface area contributed by atoms with Crippen molar-refractivity contribution >= 4 is 80.5 Å². The van der Waals surface area contributed by atoms with Crippen LogP contribution in [-0.2, 0) is 11.2 Å². The Bertz CT molecular complexity index is 1160. The van der Waals surface area contributed by atoms with Crippen molar-refractivity contribution < 1.29 is 14.7 Å². The number of carboxylic acids is 1. The zero-order valence-electron chi connectivity index (χ0n) is 16.4. The Morgan fingerprint density at radius 1 is 0.969 bits per heavy atom. The van der Waals surface area contributed by atoms with Gasteiger partial charge < -0.3 is 21.1 Å². The van der Waals surface area contributed by atoms with E-state index in [1.165, 1.54) is 12.1 Å². The van der Waals surface area contributed by atoms with Crippen molar-refractivity contribution in [1.29, 1.82) is 0 Å². The van der Waals surface area contributed by atoms with Crippen LogP contribution in [0.5, 0.6) is 0 Å². The summed E-state index contributed by atoms with van der Waals surface area (Å²) in [6, 6.07) is 19.5. The van der Waals surface area contributed by atoms with E-state index >= 15 is 0 Å². The molecule has 4 N–H and O–H groups in total. The molecular formula is C22H18Cl3N3O3S. The number of rotatable bonds is 6. The third kappa shape index (κ3) is 6.46. The second kappa shape index (κ2) is 10.4. The van der Waals surface area contributed by atoms with Crippen molar-refractivity contribution in [3.63, 3.8) is 0 Å². The van der Waals surface area contributed by atoms with E-state index in [1.807, 2.05) is 42.5 Å². The molecule has 166 valence electrons. The van der Waals surface area contributed by atoms with Gasteiger partial charge in [-0.25, -0.2) is 4.79 Å². The number of halogens is 3. The smallest absolute Gasteiger partial charge is 0.335 e. The average Bonchev–Trinajstić information content (AvgIpc) is 2.73. The second-order valence-corrected chi connectivity index (χ2v) is 9.62. The first-order chi connectivity index (χ1) is 15.1. The maximum Gasteiger partial charge on any atom is 0.335 e. The number of carboxylic acid groups (broad SMARTS) is 1. The molecule has 1 amide bonds. The van der Waals surface area contributed by atoms with Gasteiger partial charge in [-0.2, -0.15) is 0 Å². The Balaban J connectivity index is 1.68. The van der Waals surface area contributed by atoms with Crippen LogP contribution in [0.25, 0.3) is 10.8 Å². The third-order valence-corrected chi connectivity index (χ3v) is 5.38. The molecule has 3 aromatic rings. The number of nitrogens with one attached hydrogen (secondary N) is 3. The van der Waals surface area contributed by atoms with Crippen molar-refractivity contribution in [3.05, 3.63) is 77.9 Å². The molecular weight excluding hydrogens is 493 g/mol. The van der Waals surface area contributed by atoms with Gasteiger partial charge in [0.15, 0.2) is 5.11 Å². The van der Waals surface area contributed by atoms with Crippen LogP contribution in [0.1, 0.15) is 15.9 Å². The van der Waals surface area contributed by atoms with Crippen LogP contribution in [-0.4, -0.2) is 32.1 Å². The first-order valence-electron chi connectivity index (χ1n) is 9.37. The molecule has 0 heterocycles. The number of alkyl halides is 3. The average molecular weight is 511 g/mol. The number of aromatic carboxylic acids is 1. The summed E-state index contributed by atoms with van der Waals surface area (Å²) in [5.41, 5.74) is 1.33. The van der Waals surface area contributed by atoms with E-state index in [-0.39, 0.29) is 23.0 Å². The number of carbonyl (C=O) groups excluding carboxylic acids is 1. The van der Waals surface area contributed by atoms with Gasteiger partial charge >= 0.3 is 5.97 Å². The largest absolute Gasteiger partial charge is 0.478 e. The highest BCUT2D eigenvalue weighted by Crippen LogP contribution is 2.29.